The van der Waals surface area contributed by atoms with Crippen molar-refractivity contribution in [2.24, 2.45) is 7.05 Å². The summed E-state index contributed by atoms with van der Waals surface area (Å²) in [7, 11) is 1.66. The smallest absolute Gasteiger partial charge is 0.488 e. The van der Waals surface area contributed by atoms with Crippen LogP contribution in [0.5, 0.6) is 11.5 Å². The maximum absolute atomic E-state index is 12.6. The van der Waals surface area contributed by atoms with Crippen molar-refractivity contribution in [3.8, 4) is 11.5 Å². The minimum absolute atomic E-state index is 0.104. The molecular formula is C19H19F3N2O4. The first-order valence-corrected chi connectivity index (χ1v) is 8.62. The van der Waals surface area contributed by atoms with Gasteiger partial charge >= 0.3 is 6.36 Å². The largest absolute Gasteiger partial charge is 0.573 e. The Morgan fingerprint density at radius 2 is 1.93 bits per heavy atom. The van der Waals surface area contributed by atoms with Crippen LogP contribution >= 0.6 is 0 Å². The van der Waals surface area contributed by atoms with Crippen LogP contribution in [0.2, 0.25) is 0 Å². The van der Waals surface area contributed by atoms with Gasteiger partial charge in [0, 0.05) is 37.3 Å². The number of pyridine rings is 1. The topological polar surface area (TPSA) is 60.8 Å². The molecule has 28 heavy (non-hydrogen) atoms. The second-order valence-electron chi connectivity index (χ2n) is 6.59. The fourth-order valence-corrected chi connectivity index (χ4v) is 3.01. The van der Waals surface area contributed by atoms with E-state index in [1.165, 1.54) is 27.7 Å². The minimum Gasteiger partial charge on any atom is -0.488 e. The first-order chi connectivity index (χ1) is 13.1. The van der Waals surface area contributed by atoms with Crippen LogP contribution in [0.1, 0.15) is 22.5 Å². The zero-order valence-electron chi connectivity index (χ0n) is 15.3. The molecule has 0 radical (unpaired) electrons. The van der Waals surface area contributed by atoms with Gasteiger partial charge in [0.25, 0.3) is 11.5 Å². The summed E-state index contributed by atoms with van der Waals surface area (Å²) in [6, 6.07) is 8.09. The maximum atomic E-state index is 12.6. The van der Waals surface area contributed by atoms with Crippen molar-refractivity contribution in [2.45, 2.75) is 25.8 Å². The molecule has 6 nitrogen and oxygen atoms in total. The second kappa shape index (κ2) is 7.57. The van der Waals surface area contributed by atoms with Gasteiger partial charge in [0.15, 0.2) is 0 Å². The molecule has 1 amide bonds. The molecule has 150 valence electrons. The molecule has 0 bridgehead atoms. The lowest BCUT2D eigenvalue weighted by Gasteiger charge is -2.18. The Bertz CT molecular complexity index is 940. The predicted molar refractivity (Wildman–Crippen MR) is 94.5 cm³/mol. The van der Waals surface area contributed by atoms with Crippen LogP contribution < -0.4 is 15.0 Å². The van der Waals surface area contributed by atoms with Crippen LogP contribution in [0.4, 0.5) is 13.2 Å². The molecule has 1 fully saturated rings. The fraction of sp³-hybridized carbons (Fsp3) is 0.368. The first kappa shape index (κ1) is 19.8. The molecule has 2 heterocycles. The number of likely N-dealkylation sites (tertiary alicyclic amines) is 1. The number of carbonyl (C=O) groups is 1. The van der Waals surface area contributed by atoms with Gasteiger partial charge in [-0.1, -0.05) is 6.07 Å². The van der Waals surface area contributed by atoms with E-state index in [1.807, 2.05) is 0 Å². The minimum atomic E-state index is -4.82. The van der Waals surface area contributed by atoms with E-state index >= 15 is 0 Å². The van der Waals surface area contributed by atoms with Crippen LogP contribution in [-0.2, 0) is 7.05 Å². The summed E-state index contributed by atoms with van der Waals surface area (Å²) < 4.78 is 48.2. The molecule has 1 aromatic carbocycles. The van der Waals surface area contributed by atoms with Gasteiger partial charge in [0.05, 0.1) is 6.54 Å². The molecule has 2 aromatic rings. The number of hydrogen-bond acceptors (Lipinski definition) is 4. The molecule has 9 heteroatoms. The van der Waals surface area contributed by atoms with E-state index in [9.17, 15) is 22.8 Å². The Labute approximate surface area is 159 Å². The summed E-state index contributed by atoms with van der Waals surface area (Å²) in [5.74, 6) is -0.416. The van der Waals surface area contributed by atoms with E-state index in [2.05, 4.69) is 4.74 Å². The van der Waals surface area contributed by atoms with Gasteiger partial charge in [-0.3, -0.25) is 9.59 Å². The number of halogens is 3. The van der Waals surface area contributed by atoms with E-state index in [0.29, 0.717) is 18.7 Å². The Kier molecular flexibility index (Phi) is 5.35. The number of alkyl halides is 3. The molecule has 1 atom stereocenters. The number of aryl methyl sites for hydroxylation is 1. The van der Waals surface area contributed by atoms with Crippen LogP contribution in [-0.4, -0.2) is 40.9 Å². The normalized spacial score (nSPS) is 16.9. The average molecular weight is 396 g/mol. The lowest BCUT2D eigenvalue weighted by atomic mass is 10.2. The number of ether oxygens (including phenoxy) is 2. The molecule has 0 saturated carbocycles. The van der Waals surface area contributed by atoms with E-state index in [4.69, 9.17) is 4.74 Å². The van der Waals surface area contributed by atoms with E-state index in [0.717, 1.165) is 17.8 Å². The SMILES string of the molecule is Cc1cc(OC2CCN(C(=O)c3cccc(OC(F)(F)F)c3)C2)cc(=O)n1C. The average Bonchev–Trinajstić information content (AvgIpc) is 3.06. The van der Waals surface area contributed by atoms with Crippen LogP contribution in [0.15, 0.2) is 41.2 Å². The molecule has 1 aromatic heterocycles. The van der Waals surface area contributed by atoms with Gasteiger partial charge in [0.1, 0.15) is 17.6 Å². The summed E-state index contributed by atoms with van der Waals surface area (Å²) in [6.07, 6.45) is -4.57. The third-order valence-electron chi connectivity index (χ3n) is 4.53. The Morgan fingerprint density at radius 3 is 2.61 bits per heavy atom. The highest BCUT2D eigenvalue weighted by molar-refractivity contribution is 5.94. The number of rotatable bonds is 4. The van der Waals surface area contributed by atoms with E-state index in [-0.39, 0.29) is 23.8 Å². The molecule has 0 N–H and O–H groups in total. The predicted octanol–water partition coefficient (Wildman–Crippen LogP) is 2.89. The fourth-order valence-electron chi connectivity index (χ4n) is 3.01. The Balaban J connectivity index is 1.66. The van der Waals surface area contributed by atoms with Crippen molar-refractivity contribution in [3.63, 3.8) is 0 Å². The maximum Gasteiger partial charge on any atom is 0.573 e. The van der Waals surface area contributed by atoms with E-state index < -0.39 is 18.0 Å². The summed E-state index contributed by atoms with van der Waals surface area (Å²) >= 11 is 0. The summed E-state index contributed by atoms with van der Waals surface area (Å²) in [5.41, 5.74) is 0.657. The number of hydrogen-bond donors (Lipinski definition) is 0. The number of aromatic nitrogens is 1. The second-order valence-corrected chi connectivity index (χ2v) is 6.59. The number of carbonyl (C=O) groups excluding carboxylic acids is 1. The van der Waals surface area contributed by atoms with E-state index in [1.54, 1.807) is 20.0 Å². The molecular weight excluding hydrogens is 377 g/mol. The van der Waals surface area contributed by atoms with Crippen LogP contribution in [0, 0.1) is 6.92 Å². The van der Waals surface area contributed by atoms with Crippen molar-refractivity contribution in [1.82, 2.24) is 9.47 Å². The lowest BCUT2D eigenvalue weighted by Crippen LogP contribution is -2.31. The summed E-state index contributed by atoms with van der Waals surface area (Å²) in [4.78, 5) is 26.0. The molecule has 1 unspecified atom stereocenters. The zero-order valence-corrected chi connectivity index (χ0v) is 15.3. The highest BCUT2D eigenvalue weighted by atomic mass is 19.4. The molecule has 1 saturated heterocycles. The van der Waals surface area contributed by atoms with Crippen molar-refractivity contribution in [2.75, 3.05) is 13.1 Å². The third kappa shape index (κ3) is 4.65. The van der Waals surface area contributed by atoms with Gasteiger partial charge in [-0.05, 0) is 31.2 Å². The highest BCUT2D eigenvalue weighted by Gasteiger charge is 2.32. The molecule has 1 aliphatic rings. The van der Waals surface area contributed by atoms with Gasteiger partial charge in [-0.25, -0.2) is 0 Å². The Morgan fingerprint density at radius 1 is 1.18 bits per heavy atom. The van der Waals surface area contributed by atoms with Crippen LogP contribution in [0.25, 0.3) is 0 Å². The zero-order chi connectivity index (χ0) is 20.5. The van der Waals surface area contributed by atoms with Crippen molar-refractivity contribution >= 4 is 5.91 Å². The molecule has 0 aliphatic carbocycles. The monoisotopic (exact) mass is 396 g/mol. The van der Waals surface area contributed by atoms with Gasteiger partial charge in [0.2, 0.25) is 0 Å². The van der Waals surface area contributed by atoms with Gasteiger partial charge in [-0.15, -0.1) is 13.2 Å². The quantitative estimate of drug-likeness (QED) is 0.798. The van der Waals surface area contributed by atoms with Crippen molar-refractivity contribution in [1.29, 1.82) is 0 Å². The van der Waals surface area contributed by atoms with Gasteiger partial charge < -0.3 is 18.9 Å². The molecule has 3 rings (SSSR count). The third-order valence-corrected chi connectivity index (χ3v) is 4.53. The summed E-state index contributed by atoms with van der Waals surface area (Å²) in [5, 5.41) is 0. The number of benzene rings is 1. The van der Waals surface area contributed by atoms with Crippen molar-refractivity contribution in [3.05, 3.63) is 58.0 Å². The number of amides is 1. The van der Waals surface area contributed by atoms with Crippen molar-refractivity contribution < 1.29 is 27.4 Å². The molecule has 0 spiro atoms. The molecule has 1 aliphatic heterocycles. The standard InChI is InChI=1S/C19H19F3N2O4/c1-12-8-16(10-17(25)23(12)2)27-15-6-7-24(11-15)18(26)13-4-3-5-14(9-13)28-19(20,21)22/h3-5,8-10,15H,6-7,11H2,1-2H3. The Hall–Kier alpha value is -2.97. The van der Waals surface area contributed by atoms with Gasteiger partial charge in [-0.2, -0.15) is 0 Å². The van der Waals surface area contributed by atoms with Crippen LogP contribution in [0.3, 0.4) is 0 Å². The first-order valence-electron chi connectivity index (χ1n) is 8.62. The number of nitrogens with zero attached hydrogens (tertiary/aromatic N) is 2. The lowest BCUT2D eigenvalue weighted by molar-refractivity contribution is -0.274. The summed E-state index contributed by atoms with van der Waals surface area (Å²) in [6.45, 7) is 2.46. The highest BCUT2D eigenvalue weighted by Crippen LogP contribution is 2.25.